The molecule has 3 rings (SSSR count). The van der Waals surface area contributed by atoms with Crippen LogP contribution in [0.3, 0.4) is 0 Å². The normalized spacial score (nSPS) is 10.5. The number of hydrogen-bond acceptors (Lipinski definition) is 6. The summed E-state index contributed by atoms with van der Waals surface area (Å²) in [7, 11) is 0. The van der Waals surface area contributed by atoms with Crippen LogP contribution in [0.5, 0.6) is 5.88 Å². The SMILES string of the molecule is CCOc1ncnc(Nc2cccc3cnccc23)c1N. The molecule has 21 heavy (non-hydrogen) atoms. The highest BCUT2D eigenvalue weighted by Crippen LogP contribution is 2.30. The molecule has 0 saturated carbocycles. The van der Waals surface area contributed by atoms with Gasteiger partial charge in [-0.05, 0) is 19.1 Å². The molecule has 0 amide bonds. The molecule has 1 aromatic carbocycles. The van der Waals surface area contributed by atoms with Gasteiger partial charge < -0.3 is 15.8 Å². The molecule has 0 aliphatic rings. The number of ether oxygens (including phenoxy) is 1. The third kappa shape index (κ3) is 2.55. The van der Waals surface area contributed by atoms with Crippen molar-refractivity contribution in [3.63, 3.8) is 0 Å². The van der Waals surface area contributed by atoms with E-state index >= 15 is 0 Å². The fourth-order valence-corrected chi connectivity index (χ4v) is 2.09. The second-order valence-corrected chi connectivity index (χ2v) is 4.40. The molecule has 0 aliphatic heterocycles. The van der Waals surface area contributed by atoms with Crippen molar-refractivity contribution >= 4 is 28.0 Å². The largest absolute Gasteiger partial charge is 0.476 e. The molecular formula is C15H15N5O. The first-order chi connectivity index (χ1) is 10.3. The molecule has 0 radical (unpaired) electrons. The topological polar surface area (TPSA) is 86.0 Å². The van der Waals surface area contributed by atoms with Gasteiger partial charge in [-0.2, -0.15) is 4.98 Å². The molecule has 0 spiro atoms. The number of nitrogens with one attached hydrogen (secondary N) is 1. The van der Waals surface area contributed by atoms with Crippen molar-refractivity contribution in [2.75, 3.05) is 17.7 Å². The maximum atomic E-state index is 6.04. The maximum Gasteiger partial charge on any atom is 0.242 e. The van der Waals surface area contributed by atoms with Crippen LogP contribution >= 0.6 is 0 Å². The zero-order valence-electron chi connectivity index (χ0n) is 11.6. The van der Waals surface area contributed by atoms with E-state index in [1.807, 2.05) is 37.4 Å². The molecule has 0 bridgehead atoms. The van der Waals surface area contributed by atoms with Gasteiger partial charge in [0.1, 0.15) is 12.0 Å². The van der Waals surface area contributed by atoms with E-state index in [1.165, 1.54) is 6.33 Å². The van der Waals surface area contributed by atoms with Crippen LogP contribution in [0.1, 0.15) is 6.92 Å². The van der Waals surface area contributed by atoms with E-state index < -0.39 is 0 Å². The molecule has 2 heterocycles. The Bertz CT molecular complexity index is 770. The predicted molar refractivity (Wildman–Crippen MR) is 82.6 cm³/mol. The number of pyridine rings is 1. The summed E-state index contributed by atoms with van der Waals surface area (Å²) in [4.78, 5) is 12.3. The van der Waals surface area contributed by atoms with E-state index in [0.717, 1.165) is 16.5 Å². The minimum absolute atomic E-state index is 0.386. The van der Waals surface area contributed by atoms with E-state index in [2.05, 4.69) is 20.3 Å². The lowest BCUT2D eigenvalue weighted by molar-refractivity contribution is 0.328. The van der Waals surface area contributed by atoms with Gasteiger partial charge in [-0.15, -0.1) is 0 Å². The van der Waals surface area contributed by atoms with Crippen molar-refractivity contribution < 1.29 is 4.74 Å². The average molecular weight is 281 g/mol. The first-order valence-corrected chi connectivity index (χ1v) is 6.62. The Morgan fingerprint density at radius 3 is 3.00 bits per heavy atom. The molecule has 0 fully saturated rings. The number of nitrogen functional groups attached to an aromatic ring is 1. The van der Waals surface area contributed by atoms with Gasteiger partial charge in [-0.3, -0.25) is 4.98 Å². The Hall–Kier alpha value is -2.89. The summed E-state index contributed by atoms with van der Waals surface area (Å²) >= 11 is 0. The van der Waals surface area contributed by atoms with Gasteiger partial charge in [-0.25, -0.2) is 4.98 Å². The lowest BCUT2D eigenvalue weighted by atomic mass is 10.1. The number of nitrogens with two attached hydrogens (primary N) is 1. The summed E-state index contributed by atoms with van der Waals surface area (Å²) in [5, 5.41) is 5.32. The fraction of sp³-hybridized carbons (Fsp3) is 0.133. The van der Waals surface area contributed by atoms with Crippen LogP contribution < -0.4 is 15.8 Å². The highest BCUT2D eigenvalue weighted by molar-refractivity contribution is 5.95. The molecule has 106 valence electrons. The van der Waals surface area contributed by atoms with E-state index in [9.17, 15) is 0 Å². The summed E-state index contributed by atoms with van der Waals surface area (Å²) in [5.41, 5.74) is 7.34. The molecule has 2 aromatic heterocycles. The Balaban J connectivity index is 2.01. The van der Waals surface area contributed by atoms with Crippen molar-refractivity contribution in [1.82, 2.24) is 15.0 Å². The van der Waals surface area contributed by atoms with Crippen LogP contribution in [0.4, 0.5) is 17.2 Å². The molecule has 0 saturated heterocycles. The molecule has 0 aliphatic carbocycles. The first kappa shape index (κ1) is 13.1. The van der Waals surface area contributed by atoms with Crippen molar-refractivity contribution in [3.8, 4) is 5.88 Å². The highest BCUT2D eigenvalue weighted by atomic mass is 16.5. The number of rotatable bonds is 4. The van der Waals surface area contributed by atoms with Gasteiger partial charge >= 0.3 is 0 Å². The lowest BCUT2D eigenvalue weighted by Gasteiger charge is -2.12. The van der Waals surface area contributed by atoms with Crippen LogP contribution in [-0.2, 0) is 0 Å². The number of hydrogen-bond donors (Lipinski definition) is 2. The van der Waals surface area contributed by atoms with E-state index in [4.69, 9.17) is 10.5 Å². The molecule has 6 heteroatoms. The number of nitrogens with zero attached hydrogens (tertiary/aromatic N) is 3. The standard InChI is InChI=1S/C15H15N5O/c1-2-21-15-13(16)14(18-9-19-15)20-12-5-3-4-10-8-17-7-6-11(10)12/h3-9H,2,16H2,1H3,(H,18,19,20). The summed E-state index contributed by atoms with van der Waals surface area (Å²) in [6.07, 6.45) is 4.99. The van der Waals surface area contributed by atoms with E-state index in [-0.39, 0.29) is 0 Å². The van der Waals surface area contributed by atoms with Crippen LogP contribution in [0, 0.1) is 0 Å². The Kier molecular flexibility index (Phi) is 3.51. The minimum Gasteiger partial charge on any atom is -0.476 e. The number of anilines is 3. The summed E-state index contributed by atoms with van der Waals surface area (Å²) in [6, 6.07) is 7.86. The molecule has 6 nitrogen and oxygen atoms in total. The third-order valence-corrected chi connectivity index (χ3v) is 3.06. The summed E-state index contributed by atoms with van der Waals surface area (Å²) < 4.78 is 5.38. The number of aromatic nitrogens is 3. The van der Waals surface area contributed by atoms with Crippen molar-refractivity contribution in [2.24, 2.45) is 0 Å². The average Bonchev–Trinajstić information content (AvgIpc) is 2.52. The molecular weight excluding hydrogens is 266 g/mol. The van der Waals surface area contributed by atoms with Gasteiger partial charge in [0.25, 0.3) is 0 Å². The highest BCUT2D eigenvalue weighted by Gasteiger charge is 2.10. The zero-order valence-corrected chi connectivity index (χ0v) is 11.6. The van der Waals surface area contributed by atoms with Crippen LogP contribution in [0.2, 0.25) is 0 Å². The molecule has 0 atom stereocenters. The van der Waals surface area contributed by atoms with Gasteiger partial charge in [0.15, 0.2) is 5.82 Å². The smallest absolute Gasteiger partial charge is 0.242 e. The van der Waals surface area contributed by atoms with Crippen LogP contribution in [0.25, 0.3) is 10.8 Å². The van der Waals surface area contributed by atoms with E-state index in [1.54, 1.807) is 6.20 Å². The first-order valence-electron chi connectivity index (χ1n) is 6.62. The lowest BCUT2D eigenvalue weighted by Crippen LogP contribution is -2.05. The molecule has 0 unspecified atom stereocenters. The fourth-order valence-electron chi connectivity index (χ4n) is 2.09. The van der Waals surface area contributed by atoms with Gasteiger partial charge in [0.05, 0.1) is 6.61 Å². The maximum absolute atomic E-state index is 6.04. The summed E-state index contributed by atoms with van der Waals surface area (Å²) in [5.74, 6) is 0.912. The Labute approximate surface area is 122 Å². The van der Waals surface area contributed by atoms with Crippen molar-refractivity contribution in [3.05, 3.63) is 43.0 Å². The van der Waals surface area contributed by atoms with Gasteiger partial charge in [0, 0.05) is 28.9 Å². The summed E-state index contributed by atoms with van der Waals surface area (Å²) in [6.45, 7) is 2.38. The zero-order chi connectivity index (χ0) is 14.7. The van der Waals surface area contributed by atoms with Crippen molar-refractivity contribution in [1.29, 1.82) is 0 Å². The molecule has 3 N–H and O–H groups in total. The Morgan fingerprint density at radius 2 is 2.14 bits per heavy atom. The third-order valence-electron chi connectivity index (χ3n) is 3.06. The van der Waals surface area contributed by atoms with Crippen molar-refractivity contribution in [2.45, 2.75) is 6.92 Å². The van der Waals surface area contributed by atoms with Gasteiger partial charge in [-0.1, -0.05) is 12.1 Å². The predicted octanol–water partition coefficient (Wildman–Crippen LogP) is 2.75. The van der Waals surface area contributed by atoms with Crippen LogP contribution in [-0.4, -0.2) is 21.6 Å². The Morgan fingerprint density at radius 1 is 1.24 bits per heavy atom. The minimum atomic E-state index is 0.386. The monoisotopic (exact) mass is 281 g/mol. The number of benzene rings is 1. The van der Waals surface area contributed by atoms with E-state index in [0.29, 0.717) is 24.0 Å². The second-order valence-electron chi connectivity index (χ2n) is 4.40. The van der Waals surface area contributed by atoms with Crippen LogP contribution in [0.15, 0.2) is 43.0 Å². The number of fused-ring (bicyclic) bond motifs is 1. The van der Waals surface area contributed by atoms with Gasteiger partial charge in [0.2, 0.25) is 5.88 Å². The second kappa shape index (κ2) is 5.62. The molecule has 3 aromatic rings. The quantitative estimate of drug-likeness (QED) is 0.764.